The summed E-state index contributed by atoms with van der Waals surface area (Å²) in [5, 5.41) is 18.6. The number of carboxylic acids is 1. The Labute approximate surface area is 193 Å². The Morgan fingerprint density at radius 2 is 2.00 bits per heavy atom. The number of aliphatic carboxylic acids is 1. The first-order valence-corrected chi connectivity index (χ1v) is 10.7. The molecule has 1 unspecified atom stereocenters. The summed E-state index contributed by atoms with van der Waals surface area (Å²) in [6.07, 6.45) is -0.00769. The number of anilines is 1. The standard InChI is InChI=1S/C23H25F4N5O2/c1-2-3-20(18-6-4-15(10-19(18)24)11-28-9-8-22(33)34)31-17-5-7-21(29-13-17)32-14-16(12-30-32)23(25,26)27/h4-7,10,12-14,20,28,31H,2-3,8-9,11H2,1H3,(H,33,34). The van der Waals surface area contributed by atoms with Gasteiger partial charge in [-0.1, -0.05) is 25.5 Å². The Balaban J connectivity index is 1.68. The highest BCUT2D eigenvalue weighted by atomic mass is 19.4. The zero-order chi connectivity index (χ0) is 24.7. The van der Waals surface area contributed by atoms with E-state index in [1.54, 1.807) is 18.2 Å². The highest BCUT2D eigenvalue weighted by molar-refractivity contribution is 5.66. The minimum Gasteiger partial charge on any atom is -0.481 e. The molecule has 3 N–H and O–H groups in total. The fraction of sp³-hybridized carbons (Fsp3) is 0.348. The molecule has 1 aromatic carbocycles. The summed E-state index contributed by atoms with van der Waals surface area (Å²) in [7, 11) is 0. The van der Waals surface area contributed by atoms with Crippen molar-refractivity contribution in [2.75, 3.05) is 11.9 Å². The van der Waals surface area contributed by atoms with E-state index in [1.165, 1.54) is 18.3 Å². The highest BCUT2D eigenvalue weighted by Crippen LogP contribution is 2.30. The molecule has 1 atom stereocenters. The van der Waals surface area contributed by atoms with Crippen LogP contribution in [0.15, 0.2) is 48.9 Å². The second-order valence-corrected chi connectivity index (χ2v) is 7.74. The Morgan fingerprint density at radius 3 is 2.59 bits per heavy atom. The van der Waals surface area contributed by atoms with Gasteiger partial charge in [-0.15, -0.1) is 0 Å². The van der Waals surface area contributed by atoms with Crippen molar-refractivity contribution in [2.45, 2.75) is 44.9 Å². The van der Waals surface area contributed by atoms with E-state index in [-0.39, 0.29) is 30.6 Å². The Morgan fingerprint density at radius 1 is 1.21 bits per heavy atom. The van der Waals surface area contributed by atoms with Crippen LogP contribution in [0.5, 0.6) is 0 Å². The maximum atomic E-state index is 14.9. The van der Waals surface area contributed by atoms with E-state index < -0.39 is 17.7 Å². The third-order valence-corrected chi connectivity index (χ3v) is 5.10. The molecule has 34 heavy (non-hydrogen) atoms. The lowest BCUT2D eigenvalue weighted by atomic mass is 9.99. The molecule has 182 valence electrons. The number of rotatable bonds is 11. The lowest BCUT2D eigenvalue weighted by Crippen LogP contribution is -2.18. The number of alkyl halides is 3. The number of halogens is 4. The van der Waals surface area contributed by atoms with Crippen molar-refractivity contribution in [3.05, 3.63) is 71.4 Å². The van der Waals surface area contributed by atoms with Crippen LogP contribution in [-0.4, -0.2) is 32.4 Å². The van der Waals surface area contributed by atoms with E-state index >= 15 is 0 Å². The third kappa shape index (κ3) is 6.77. The van der Waals surface area contributed by atoms with Crippen LogP contribution in [0.3, 0.4) is 0 Å². The molecule has 0 bridgehead atoms. The van der Waals surface area contributed by atoms with Gasteiger partial charge in [-0.2, -0.15) is 18.3 Å². The molecule has 2 aromatic heterocycles. The second kappa shape index (κ2) is 11.1. The summed E-state index contributed by atoms with van der Waals surface area (Å²) in [5.41, 5.74) is 0.896. The first-order chi connectivity index (χ1) is 16.2. The van der Waals surface area contributed by atoms with Gasteiger partial charge in [0, 0.05) is 24.8 Å². The van der Waals surface area contributed by atoms with Gasteiger partial charge in [-0.25, -0.2) is 14.1 Å². The topological polar surface area (TPSA) is 92.1 Å². The molecule has 0 saturated carbocycles. The number of nitrogens with zero attached hydrogens (tertiary/aromatic N) is 3. The summed E-state index contributed by atoms with van der Waals surface area (Å²) in [5.74, 6) is -1.07. The molecule has 11 heteroatoms. The van der Waals surface area contributed by atoms with Gasteiger partial charge in [-0.3, -0.25) is 4.79 Å². The van der Waals surface area contributed by atoms with Gasteiger partial charge in [0.25, 0.3) is 0 Å². The maximum Gasteiger partial charge on any atom is 0.419 e. The molecule has 0 spiro atoms. The number of pyridine rings is 1. The number of aromatic nitrogens is 3. The number of nitrogens with one attached hydrogen (secondary N) is 2. The summed E-state index contributed by atoms with van der Waals surface area (Å²) >= 11 is 0. The molecule has 0 aliphatic carbocycles. The van der Waals surface area contributed by atoms with Gasteiger partial charge in [0.05, 0.1) is 36.1 Å². The third-order valence-electron chi connectivity index (χ3n) is 5.10. The molecule has 3 rings (SSSR count). The smallest absolute Gasteiger partial charge is 0.419 e. The molecule has 0 fully saturated rings. The number of benzene rings is 1. The van der Waals surface area contributed by atoms with E-state index in [4.69, 9.17) is 5.11 Å². The SMILES string of the molecule is CCCC(Nc1ccc(-n2cc(C(F)(F)F)cn2)nc1)c1ccc(CNCCC(=O)O)cc1F. The van der Waals surface area contributed by atoms with Gasteiger partial charge in [0.1, 0.15) is 5.82 Å². The van der Waals surface area contributed by atoms with Crippen molar-refractivity contribution >= 4 is 11.7 Å². The normalized spacial score (nSPS) is 12.5. The van der Waals surface area contributed by atoms with Crippen molar-refractivity contribution in [1.29, 1.82) is 0 Å². The first-order valence-electron chi connectivity index (χ1n) is 10.7. The summed E-state index contributed by atoms with van der Waals surface area (Å²) in [4.78, 5) is 14.7. The minimum absolute atomic E-state index is 0.0141. The summed E-state index contributed by atoms with van der Waals surface area (Å²) in [6, 6.07) is 7.74. The van der Waals surface area contributed by atoms with Crippen LogP contribution in [0.2, 0.25) is 0 Å². The summed E-state index contributed by atoms with van der Waals surface area (Å²) < 4.78 is 54.3. The van der Waals surface area contributed by atoms with Crippen LogP contribution >= 0.6 is 0 Å². The van der Waals surface area contributed by atoms with E-state index in [2.05, 4.69) is 20.7 Å². The second-order valence-electron chi connectivity index (χ2n) is 7.74. The Hall–Kier alpha value is -3.47. The van der Waals surface area contributed by atoms with E-state index in [0.717, 1.165) is 23.5 Å². The van der Waals surface area contributed by atoms with Crippen molar-refractivity contribution in [3.8, 4) is 5.82 Å². The zero-order valence-electron chi connectivity index (χ0n) is 18.4. The van der Waals surface area contributed by atoms with Crippen molar-refractivity contribution < 1.29 is 27.5 Å². The van der Waals surface area contributed by atoms with Crippen LogP contribution < -0.4 is 10.6 Å². The molecule has 0 saturated heterocycles. The van der Waals surface area contributed by atoms with Crippen LogP contribution in [0.4, 0.5) is 23.2 Å². The average Bonchev–Trinajstić information content (AvgIpc) is 3.28. The van der Waals surface area contributed by atoms with Gasteiger partial charge in [0.15, 0.2) is 5.82 Å². The lowest BCUT2D eigenvalue weighted by Gasteiger charge is -2.21. The highest BCUT2D eigenvalue weighted by Gasteiger charge is 2.32. The van der Waals surface area contributed by atoms with E-state index in [0.29, 0.717) is 29.8 Å². The predicted molar refractivity (Wildman–Crippen MR) is 118 cm³/mol. The van der Waals surface area contributed by atoms with Crippen molar-refractivity contribution in [1.82, 2.24) is 20.1 Å². The molecular weight excluding hydrogens is 454 g/mol. The molecule has 0 radical (unpaired) electrons. The number of hydrogen-bond acceptors (Lipinski definition) is 5. The maximum absolute atomic E-state index is 14.9. The molecule has 0 aliphatic rings. The Bertz CT molecular complexity index is 1100. The number of carboxylic acid groups (broad SMARTS) is 1. The van der Waals surface area contributed by atoms with Crippen LogP contribution in [-0.2, 0) is 17.5 Å². The molecular formula is C23H25F4N5O2. The number of carbonyl (C=O) groups is 1. The van der Waals surface area contributed by atoms with Crippen molar-refractivity contribution in [3.63, 3.8) is 0 Å². The van der Waals surface area contributed by atoms with Crippen LogP contribution in [0, 0.1) is 5.82 Å². The fourth-order valence-corrected chi connectivity index (χ4v) is 3.39. The Kier molecular flexibility index (Phi) is 8.21. The molecule has 0 amide bonds. The van der Waals surface area contributed by atoms with Crippen LogP contribution in [0.1, 0.15) is 48.9 Å². The lowest BCUT2D eigenvalue weighted by molar-refractivity contribution is -0.138. The summed E-state index contributed by atoms with van der Waals surface area (Å²) in [6.45, 7) is 2.62. The van der Waals surface area contributed by atoms with Gasteiger partial charge < -0.3 is 15.7 Å². The van der Waals surface area contributed by atoms with E-state index in [1.807, 2.05) is 6.92 Å². The van der Waals surface area contributed by atoms with Crippen LogP contribution in [0.25, 0.3) is 5.82 Å². The fourth-order valence-electron chi connectivity index (χ4n) is 3.39. The average molecular weight is 479 g/mol. The van der Waals surface area contributed by atoms with Gasteiger partial charge in [0.2, 0.25) is 0 Å². The van der Waals surface area contributed by atoms with E-state index in [9.17, 15) is 22.4 Å². The monoisotopic (exact) mass is 479 g/mol. The minimum atomic E-state index is -4.48. The first kappa shape index (κ1) is 25.2. The number of hydrogen-bond donors (Lipinski definition) is 3. The van der Waals surface area contributed by atoms with Gasteiger partial charge >= 0.3 is 12.1 Å². The largest absolute Gasteiger partial charge is 0.481 e. The van der Waals surface area contributed by atoms with Crippen molar-refractivity contribution in [2.24, 2.45) is 0 Å². The molecule has 2 heterocycles. The quantitative estimate of drug-likeness (QED) is 0.267. The molecule has 0 aliphatic heterocycles. The van der Waals surface area contributed by atoms with Gasteiger partial charge in [-0.05, 0) is 30.2 Å². The molecule has 3 aromatic rings. The molecule has 7 nitrogen and oxygen atoms in total. The predicted octanol–water partition coefficient (Wildman–Crippen LogP) is 4.94. The zero-order valence-corrected chi connectivity index (χ0v) is 18.4.